The molecular formula is C34H26Cl2F2N8O4. The minimum absolute atomic E-state index is 0.0835. The van der Waals surface area contributed by atoms with Gasteiger partial charge in [0.15, 0.2) is 0 Å². The molecule has 0 saturated carbocycles. The standard InChI is InChI=1S/C34H26Cl2F2N8O4/c35-25-19(3-1-5-21(25)27-29(37)45-13-11-43(33(49)31(45)41-27)15-17-7-9-23(47)39-17)20-4-2-6-22(26(20)36)28-30(38)46-14-12-44(34(50)32(46)42-28)16-18-8-10-24(48)40-18/h1-6,11-14,17-18H,7-10,15-16H2,(H,39,47)(H,40,48)/t17-,18-/m0/s1. The maximum absolute atomic E-state index is 15.8. The number of fused-ring (bicyclic) bond motifs is 2. The van der Waals surface area contributed by atoms with Gasteiger partial charge in [-0.15, -0.1) is 0 Å². The number of nitrogens with one attached hydrogen (secondary N) is 2. The number of nitrogens with zero attached hydrogens (tertiary/aromatic N) is 6. The van der Waals surface area contributed by atoms with Crippen LogP contribution in [0.5, 0.6) is 0 Å². The normalized spacial score (nSPS) is 17.6. The number of hydrogen-bond acceptors (Lipinski definition) is 6. The molecule has 2 aliphatic heterocycles. The molecule has 0 unspecified atom stereocenters. The molecule has 50 heavy (non-hydrogen) atoms. The van der Waals surface area contributed by atoms with Crippen LogP contribution in [0.3, 0.4) is 0 Å². The predicted molar refractivity (Wildman–Crippen MR) is 181 cm³/mol. The number of benzene rings is 2. The van der Waals surface area contributed by atoms with Crippen LogP contribution in [0.4, 0.5) is 8.78 Å². The topological polar surface area (TPSA) is 137 Å². The molecule has 254 valence electrons. The van der Waals surface area contributed by atoms with Crippen LogP contribution < -0.4 is 21.8 Å². The zero-order valence-electron chi connectivity index (χ0n) is 26.0. The second-order valence-electron chi connectivity index (χ2n) is 12.3. The summed E-state index contributed by atoms with van der Waals surface area (Å²) < 4.78 is 36.5. The Morgan fingerprint density at radius 2 is 1.04 bits per heavy atom. The molecule has 2 fully saturated rings. The van der Waals surface area contributed by atoms with Crippen LogP contribution >= 0.6 is 23.2 Å². The maximum atomic E-state index is 15.8. The highest BCUT2D eigenvalue weighted by molar-refractivity contribution is 6.39. The molecule has 0 spiro atoms. The lowest BCUT2D eigenvalue weighted by molar-refractivity contribution is -0.120. The van der Waals surface area contributed by atoms with E-state index in [9.17, 15) is 19.2 Å². The second kappa shape index (κ2) is 12.2. The van der Waals surface area contributed by atoms with Gasteiger partial charge in [0.2, 0.25) is 35.0 Å². The van der Waals surface area contributed by atoms with Gasteiger partial charge in [0, 0.05) is 85.1 Å². The number of hydrogen-bond donors (Lipinski definition) is 2. The maximum Gasteiger partial charge on any atom is 0.294 e. The highest BCUT2D eigenvalue weighted by Gasteiger charge is 2.27. The van der Waals surface area contributed by atoms with Crippen LogP contribution in [0.25, 0.3) is 44.9 Å². The second-order valence-corrected chi connectivity index (χ2v) is 13.1. The fourth-order valence-electron chi connectivity index (χ4n) is 6.67. The molecule has 2 saturated heterocycles. The van der Waals surface area contributed by atoms with E-state index in [1.165, 1.54) is 33.9 Å². The molecular weight excluding hydrogens is 693 g/mol. The SMILES string of the molecule is O=C1CC[C@@H](Cn2ccn3c(F)c(-c4cccc(-c5cccc(-c6nc7c(=O)n(C[C@@H]8CCC(=O)N8)ccn7c6F)c5Cl)c4Cl)nc3c2=O)N1. The number of halogens is 4. The predicted octanol–water partition coefficient (Wildman–Crippen LogP) is 4.45. The Bertz CT molecular complexity index is 2350. The van der Waals surface area contributed by atoms with E-state index in [4.69, 9.17) is 23.2 Å². The first kappa shape index (κ1) is 31.9. The first-order valence-corrected chi connectivity index (χ1v) is 16.6. The van der Waals surface area contributed by atoms with E-state index in [1.807, 2.05) is 0 Å². The highest BCUT2D eigenvalue weighted by Crippen LogP contribution is 2.42. The molecule has 2 aliphatic rings. The van der Waals surface area contributed by atoms with Crippen molar-refractivity contribution in [1.82, 2.24) is 38.5 Å². The van der Waals surface area contributed by atoms with Crippen LogP contribution in [-0.2, 0) is 22.7 Å². The van der Waals surface area contributed by atoms with Gasteiger partial charge < -0.3 is 19.8 Å². The minimum Gasteiger partial charge on any atom is -0.352 e. The Hall–Kier alpha value is -5.34. The van der Waals surface area contributed by atoms with Crippen molar-refractivity contribution in [1.29, 1.82) is 0 Å². The third kappa shape index (κ3) is 5.26. The number of imidazole rings is 2. The van der Waals surface area contributed by atoms with E-state index < -0.39 is 23.0 Å². The zero-order valence-corrected chi connectivity index (χ0v) is 27.5. The highest BCUT2D eigenvalue weighted by atomic mass is 35.5. The molecule has 0 bridgehead atoms. The van der Waals surface area contributed by atoms with Crippen molar-refractivity contribution in [2.45, 2.75) is 50.9 Å². The van der Waals surface area contributed by atoms with Crippen LogP contribution in [0.2, 0.25) is 10.0 Å². The molecule has 16 heteroatoms. The Morgan fingerprint density at radius 1 is 0.640 bits per heavy atom. The Morgan fingerprint density at radius 3 is 1.42 bits per heavy atom. The molecule has 2 atom stereocenters. The van der Waals surface area contributed by atoms with Crippen LogP contribution in [-0.4, -0.2) is 51.8 Å². The first-order valence-electron chi connectivity index (χ1n) is 15.8. The number of rotatable bonds is 7. The van der Waals surface area contributed by atoms with E-state index in [2.05, 4.69) is 20.6 Å². The van der Waals surface area contributed by atoms with Gasteiger partial charge in [0.05, 0.1) is 10.0 Å². The molecule has 6 heterocycles. The van der Waals surface area contributed by atoms with E-state index >= 15 is 8.78 Å². The van der Waals surface area contributed by atoms with Crippen molar-refractivity contribution in [3.05, 3.63) is 104 Å². The molecule has 12 nitrogen and oxygen atoms in total. The average Bonchev–Trinajstić information content (AvgIpc) is 3.87. The van der Waals surface area contributed by atoms with Gasteiger partial charge in [-0.05, 0) is 12.8 Å². The molecule has 2 amide bonds. The Labute approximate surface area is 290 Å². The van der Waals surface area contributed by atoms with E-state index in [0.717, 1.165) is 8.80 Å². The summed E-state index contributed by atoms with van der Waals surface area (Å²) in [6.45, 7) is 0.443. The van der Waals surface area contributed by atoms with Gasteiger partial charge in [-0.2, -0.15) is 8.78 Å². The number of carbonyl (C=O) groups is 2. The molecule has 4 aromatic heterocycles. The molecule has 0 radical (unpaired) electrons. The van der Waals surface area contributed by atoms with E-state index in [1.54, 1.807) is 36.4 Å². The lowest BCUT2D eigenvalue weighted by atomic mass is 9.99. The summed E-state index contributed by atoms with van der Waals surface area (Å²) in [6.07, 6.45) is 7.60. The summed E-state index contributed by atoms with van der Waals surface area (Å²) in [5.74, 6) is -1.77. The van der Waals surface area contributed by atoms with Crippen molar-refractivity contribution >= 4 is 46.3 Å². The van der Waals surface area contributed by atoms with Crippen LogP contribution in [0.1, 0.15) is 25.7 Å². The lowest BCUT2D eigenvalue weighted by Gasteiger charge is -2.12. The van der Waals surface area contributed by atoms with Crippen molar-refractivity contribution in [2.75, 3.05) is 0 Å². The monoisotopic (exact) mass is 718 g/mol. The summed E-state index contributed by atoms with van der Waals surface area (Å²) in [7, 11) is 0. The van der Waals surface area contributed by atoms with Crippen LogP contribution in [0.15, 0.2) is 70.8 Å². The first-order chi connectivity index (χ1) is 24.1. The van der Waals surface area contributed by atoms with Gasteiger partial charge in [0.1, 0.15) is 11.4 Å². The Kier molecular flexibility index (Phi) is 7.79. The molecule has 6 aromatic rings. The van der Waals surface area contributed by atoms with Crippen molar-refractivity contribution in [2.24, 2.45) is 0 Å². The summed E-state index contributed by atoms with van der Waals surface area (Å²) in [5, 5.41) is 5.80. The van der Waals surface area contributed by atoms with Gasteiger partial charge in [-0.3, -0.25) is 28.0 Å². The molecule has 2 N–H and O–H groups in total. The van der Waals surface area contributed by atoms with Gasteiger partial charge in [0.25, 0.3) is 11.1 Å². The van der Waals surface area contributed by atoms with E-state index in [-0.39, 0.29) is 80.8 Å². The van der Waals surface area contributed by atoms with Gasteiger partial charge in [-0.1, -0.05) is 59.6 Å². The molecule has 8 rings (SSSR count). The van der Waals surface area contributed by atoms with Crippen molar-refractivity contribution in [3.8, 4) is 33.6 Å². The smallest absolute Gasteiger partial charge is 0.294 e. The summed E-state index contributed by atoms with van der Waals surface area (Å²) in [5.41, 5.74) is -0.542. The number of carbonyl (C=O) groups excluding carboxylic acids is 2. The number of aromatic nitrogens is 6. The van der Waals surface area contributed by atoms with E-state index in [0.29, 0.717) is 36.8 Å². The van der Waals surface area contributed by atoms with Crippen LogP contribution in [0, 0.1) is 11.9 Å². The minimum atomic E-state index is -0.801. The summed E-state index contributed by atoms with van der Waals surface area (Å²) in [6, 6.07) is 9.27. The Balaban J connectivity index is 1.16. The number of amides is 2. The van der Waals surface area contributed by atoms with Gasteiger partial charge >= 0.3 is 0 Å². The van der Waals surface area contributed by atoms with Gasteiger partial charge in [-0.25, -0.2) is 9.97 Å². The largest absolute Gasteiger partial charge is 0.352 e. The molecule has 2 aromatic carbocycles. The third-order valence-corrected chi connectivity index (χ3v) is 10.0. The summed E-state index contributed by atoms with van der Waals surface area (Å²) >= 11 is 13.8. The zero-order chi connectivity index (χ0) is 34.8. The quantitative estimate of drug-likeness (QED) is 0.250. The van der Waals surface area contributed by atoms with Crippen molar-refractivity contribution in [3.63, 3.8) is 0 Å². The lowest BCUT2D eigenvalue weighted by Crippen LogP contribution is -2.34. The molecule has 0 aliphatic carbocycles. The fraction of sp³-hybridized carbons (Fsp3) is 0.235. The average molecular weight is 720 g/mol. The summed E-state index contributed by atoms with van der Waals surface area (Å²) in [4.78, 5) is 58.5. The van der Waals surface area contributed by atoms with Crippen molar-refractivity contribution < 1.29 is 18.4 Å². The third-order valence-electron chi connectivity index (χ3n) is 9.20. The fourth-order valence-corrected chi connectivity index (χ4v) is 7.30.